The van der Waals surface area contributed by atoms with Crippen LogP contribution in [0.25, 0.3) is 0 Å². The Morgan fingerprint density at radius 3 is 1.71 bits per heavy atom. The van der Waals surface area contributed by atoms with Gasteiger partial charge < -0.3 is 19.0 Å². The number of nitrogens with two attached hydrogens (primary N) is 1. The molecule has 4 nitrogen and oxygen atoms in total. The Kier molecular flexibility index (Phi) is 10.6. The fourth-order valence-corrected chi connectivity index (χ4v) is 4.92. The molecular weight excluding hydrogens is 422 g/mol. The van der Waals surface area contributed by atoms with E-state index < -0.39 is 45.1 Å². The van der Waals surface area contributed by atoms with Crippen LogP contribution in [0.4, 0.5) is 35.1 Å². The molecule has 0 aromatic carbocycles. The lowest BCUT2D eigenvalue weighted by atomic mass is 10.1. The van der Waals surface area contributed by atoms with Gasteiger partial charge in [-0.3, -0.25) is 0 Å². The fourth-order valence-electron chi connectivity index (χ4n) is 2.19. The highest BCUT2D eigenvalue weighted by atomic mass is 28.4. The number of hydrogen-bond acceptors (Lipinski definition) is 4. The van der Waals surface area contributed by atoms with Gasteiger partial charge in [0.05, 0.1) is 0 Å². The summed E-state index contributed by atoms with van der Waals surface area (Å²) in [6.45, 7) is 5.86. The molecule has 0 amide bonds. The van der Waals surface area contributed by atoms with Crippen molar-refractivity contribution >= 4 is 8.80 Å². The van der Waals surface area contributed by atoms with Gasteiger partial charge in [0.25, 0.3) is 0 Å². The van der Waals surface area contributed by atoms with Crippen molar-refractivity contribution in [3.63, 3.8) is 0 Å². The van der Waals surface area contributed by atoms with Gasteiger partial charge in [-0.25, -0.2) is 4.39 Å². The van der Waals surface area contributed by atoms with Gasteiger partial charge in [-0.2, -0.15) is 30.7 Å². The summed E-state index contributed by atoms with van der Waals surface area (Å²) in [6, 6.07) is -0.886. The summed E-state index contributed by atoms with van der Waals surface area (Å²) >= 11 is 0. The van der Waals surface area contributed by atoms with E-state index in [-0.39, 0.29) is 38.4 Å². The molecule has 0 fully saturated rings. The second kappa shape index (κ2) is 10.9. The van der Waals surface area contributed by atoms with Crippen LogP contribution in [0.5, 0.6) is 0 Å². The largest absolute Gasteiger partial charge is 0.500 e. The van der Waals surface area contributed by atoms with E-state index in [4.69, 9.17) is 19.0 Å². The van der Waals surface area contributed by atoms with Crippen molar-refractivity contribution in [2.75, 3.05) is 19.8 Å². The van der Waals surface area contributed by atoms with E-state index in [2.05, 4.69) is 0 Å². The second-order valence-corrected chi connectivity index (χ2v) is 8.45. The van der Waals surface area contributed by atoms with E-state index >= 15 is 0 Å². The summed E-state index contributed by atoms with van der Waals surface area (Å²) < 4.78 is 118. The molecule has 0 aromatic rings. The minimum atomic E-state index is -6.61. The number of rotatable bonds is 13. The van der Waals surface area contributed by atoms with Crippen LogP contribution < -0.4 is 5.73 Å². The predicted molar refractivity (Wildman–Crippen MR) is 87.8 cm³/mol. The molecule has 0 aliphatic carbocycles. The van der Waals surface area contributed by atoms with Crippen molar-refractivity contribution in [1.29, 1.82) is 0 Å². The van der Waals surface area contributed by atoms with E-state index in [1.165, 1.54) is 0 Å². The molecule has 0 aliphatic heterocycles. The Morgan fingerprint density at radius 2 is 1.36 bits per heavy atom. The molecule has 0 saturated carbocycles. The molecule has 0 rings (SSSR count). The lowest BCUT2D eigenvalue weighted by Gasteiger charge is -2.29. The van der Waals surface area contributed by atoms with Crippen molar-refractivity contribution in [3.8, 4) is 0 Å². The van der Waals surface area contributed by atoms with Crippen LogP contribution in [0, 0.1) is 0 Å². The fraction of sp³-hybridized carbons (Fsp3) is 0.867. The summed E-state index contributed by atoms with van der Waals surface area (Å²) in [5.41, 5.74) is 5.65. The van der Waals surface area contributed by atoms with E-state index in [9.17, 15) is 35.1 Å². The number of hydrogen-bond donors (Lipinski definition) is 1. The monoisotopic (exact) mass is 447 g/mol. The summed E-state index contributed by atoms with van der Waals surface area (Å²) in [6.07, 6.45) is -7.33. The minimum absolute atomic E-state index is 0.0250. The molecule has 0 saturated heterocycles. The lowest BCUT2D eigenvalue weighted by Crippen LogP contribution is -2.52. The molecule has 0 spiro atoms. The standard InChI is InChI=1S/C15H25F8NO3Si/c1-4-25-28(26-5-2,27-6-3)10-9-11(24)7-8-12(16)13(17,18)14(19,20)15(21,22)23/h8,11H,4-7,9-10,24H2,1-3H3. The average Bonchev–Trinajstić information content (AvgIpc) is 2.57. The first-order valence-electron chi connectivity index (χ1n) is 8.56. The Morgan fingerprint density at radius 1 is 0.929 bits per heavy atom. The first kappa shape index (κ1) is 27.2. The molecule has 1 unspecified atom stereocenters. The van der Waals surface area contributed by atoms with E-state index in [0.717, 1.165) is 0 Å². The number of alkyl halides is 7. The molecule has 168 valence electrons. The molecule has 28 heavy (non-hydrogen) atoms. The summed E-state index contributed by atoms with van der Waals surface area (Å²) in [7, 11) is -3.12. The van der Waals surface area contributed by atoms with Crippen LogP contribution in [0.3, 0.4) is 0 Å². The van der Waals surface area contributed by atoms with Crippen molar-refractivity contribution in [2.45, 2.75) is 63.7 Å². The maximum Gasteiger partial charge on any atom is 0.500 e. The van der Waals surface area contributed by atoms with Gasteiger partial charge in [-0.15, -0.1) is 0 Å². The van der Waals surface area contributed by atoms with Crippen molar-refractivity contribution in [2.24, 2.45) is 5.73 Å². The highest BCUT2D eigenvalue weighted by molar-refractivity contribution is 6.60. The zero-order chi connectivity index (χ0) is 22.2. The molecule has 0 aliphatic rings. The van der Waals surface area contributed by atoms with Crippen LogP contribution in [0.15, 0.2) is 11.9 Å². The average molecular weight is 447 g/mol. The number of halogens is 8. The van der Waals surface area contributed by atoms with Gasteiger partial charge in [0.15, 0.2) is 5.83 Å². The Labute approximate surface area is 159 Å². The lowest BCUT2D eigenvalue weighted by molar-refractivity contribution is -0.347. The highest BCUT2D eigenvalue weighted by Crippen LogP contribution is 2.50. The summed E-state index contributed by atoms with van der Waals surface area (Å²) in [5.74, 6) is -15.5. The van der Waals surface area contributed by atoms with Crippen LogP contribution in [-0.2, 0) is 13.3 Å². The van der Waals surface area contributed by atoms with Gasteiger partial charge in [-0.1, -0.05) is 0 Å². The topological polar surface area (TPSA) is 53.7 Å². The predicted octanol–water partition coefficient (Wildman–Crippen LogP) is 4.83. The summed E-state index contributed by atoms with van der Waals surface area (Å²) in [4.78, 5) is 0. The molecule has 1 atom stereocenters. The van der Waals surface area contributed by atoms with Gasteiger partial charge >= 0.3 is 26.8 Å². The molecule has 2 N–H and O–H groups in total. The second-order valence-electron chi connectivity index (χ2n) is 5.72. The quantitative estimate of drug-likeness (QED) is 0.325. The van der Waals surface area contributed by atoms with Gasteiger partial charge in [0.2, 0.25) is 0 Å². The smallest absolute Gasteiger partial charge is 0.374 e. The molecule has 13 heteroatoms. The van der Waals surface area contributed by atoms with Crippen molar-refractivity contribution < 1.29 is 48.4 Å². The number of allylic oxidation sites excluding steroid dienone is 1. The van der Waals surface area contributed by atoms with Crippen molar-refractivity contribution in [3.05, 3.63) is 11.9 Å². The zero-order valence-electron chi connectivity index (χ0n) is 15.7. The third kappa shape index (κ3) is 6.93. The first-order chi connectivity index (χ1) is 12.7. The zero-order valence-corrected chi connectivity index (χ0v) is 16.7. The Hall–Kier alpha value is -0.763. The van der Waals surface area contributed by atoms with Crippen LogP contribution >= 0.6 is 0 Å². The highest BCUT2D eigenvalue weighted by Gasteiger charge is 2.74. The molecule has 0 bridgehead atoms. The van der Waals surface area contributed by atoms with E-state index in [1.54, 1.807) is 20.8 Å². The third-order valence-corrected chi connectivity index (χ3v) is 6.65. The Balaban J connectivity index is 5.09. The third-order valence-electron chi connectivity index (χ3n) is 3.56. The van der Waals surface area contributed by atoms with Crippen LogP contribution in [0.1, 0.15) is 33.6 Å². The van der Waals surface area contributed by atoms with Crippen LogP contribution in [0.2, 0.25) is 6.04 Å². The van der Waals surface area contributed by atoms with E-state index in [0.29, 0.717) is 0 Å². The van der Waals surface area contributed by atoms with Gasteiger partial charge in [-0.05, 0) is 39.7 Å². The minimum Gasteiger partial charge on any atom is -0.374 e. The molecule has 0 heterocycles. The first-order valence-corrected chi connectivity index (χ1v) is 10.5. The maximum absolute atomic E-state index is 13.4. The maximum atomic E-state index is 13.4. The molecular formula is C15H25F8NO3Si. The van der Waals surface area contributed by atoms with Gasteiger partial charge in [0.1, 0.15) is 0 Å². The normalized spacial score (nSPS) is 15.8. The SMILES string of the molecule is CCO[Si](CCC(N)CC=C(F)C(F)(F)C(F)(F)C(F)(F)F)(OCC)OCC. The molecule has 0 aromatic heterocycles. The molecule has 0 radical (unpaired) electrons. The Bertz CT molecular complexity index is 485. The van der Waals surface area contributed by atoms with Crippen LogP contribution in [-0.4, -0.2) is 52.7 Å². The van der Waals surface area contributed by atoms with E-state index in [1.807, 2.05) is 0 Å². The van der Waals surface area contributed by atoms with Gasteiger partial charge in [0, 0.05) is 31.9 Å². The summed E-state index contributed by atoms with van der Waals surface area (Å²) in [5, 5.41) is 0. The van der Waals surface area contributed by atoms with Crippen molar-refractivity contribution in [1.82, 2.24) is 0 Å².